The molecule has 6 amide bonds. The number of benzene rings is 2. The van der Waals surface area contributed by atoms with Crippen molar-refractivity contribution < 1.29 is 33.2 Å². The molecule has 2 saturated heterocycles. The first-order valence-electron chi connectivity index (χ1n) is 16.7. The standard InChI is InChI=1S/C35H33FN8O6/c36-18-2-7-25-24(16-18)28(32(47)38-25)21-5-6-22-29(21)40-41-30(22)33(48)37-10-1-11-42-12-14-43(15-13-42)19-3-4-20-23(17-19)35(50)44(34(20)49)26-8-9-27(45)39-31(26)46/h2-4,7,16-17,26H,1,5-6,8-15H2,(H,37,48)(H,38,47)(H,40,41)(H,39,45,46)/b28-21-. The number of anilines is 2. The lowest BCUT2D eigenvalue weighted by molar-refractivity contribution is -0.136. The van der Waals surface area contributed by atoms with Crippen LogP contribution < -0.4 is 20.9 Å². The van der Waals surface area contributed by atoms with Crippen LogP contribution in [0.1, 0.15) is 73.7 Å². The summed E-state index contributed by atoms with van der Waals surface area (Å²) in [6, 6.07) is 8.34. The monoisotopic (exact) mass is 680 g/mol. The Morgan fingerprint density at radius 1 is 0.900 bits per heavy atom. The molecule has 1 aromatic heterocycles. The number of hydrogen-bond acceptors (Lipinski definition) is 9. The largest absolute Gasteiger partial charge is 0.369 e. The summed E-state index contributed by atoms with van der Waals surface area (Å²) in [6.07, 6.45) is 1.99. The molecule has 0 radical (unpaired) electrons. The number of aromatic amines is 1. The van der Waals surface area contributed by atoms with E-state index < -0.39 is 35.5 Å². The van der Waals surface area contributed by atoms with Gasteiger partial charge >= 0.3 is 0 Å². The van der Waals surface area contributed by atoms with E-state index in [1.165, 1.54) is 12.1 Å². The average Bonchev–Trinajstić information content (AvgIpc) is 3.85. The van der Waals surface area contributed by atoms with Crippen LogP contribution in [0.4, 0.5) is 15.8 Å². The zero-order valence-electron chi connectivity index (χ0n) is 26.9. The highest BCUT2D eigenvalue weighted by molar-refractivity contribution is 6.37. The summed E-state index contributed by atoms with van der Waals surface area (Å²) in [7, 11) is 0. The summed E-state index contributed by atoms with van der Waals surface area (Å²) in [6.45, 7) is 4.17. The molecule has 1 aliphatic carbocycles. The van der Waals surface area contributed by atoms with Crippen molar-refractivity contribution in [3.05, 3.63) is 75.9 Å². The number of nitrogens with zero attached hydrogens (tertiary/aromatic N) is 4. The third kappa shape index (κ3) is 5.33. The Labute approximate surface area is 285 Å². The molecule has 0 spiro atoms. The summed E-state index contributed by atoms with van der Waals surface area (Å²) in [5.74, 6) is -3.12. The van der Waals surface area contributed by atoms with Gasteiger partial charge in [-0.1, -0.05) is 0 Å². The van der Waals surface area contributed by atoms with Crippen molar-refractivity contribution >= 4 is 58.0 Å². The van der Waals surface area contributed by atoms with Gasteiger partial charge in [-0.05, 0) is 74.2 Å². The van der Waals surface area contributed by atoms with Crippen molar-refractivity contribution in [2.24, 2.45) is 0 Å². The molecule has 4 aliphatic heterocycles. The molecule has 8 rings (SSSR count). The molecule has 4 N–H and O–H groups in total. The van der Waals surface area contributed by atoms with Gasteiger partial charge in [0.05, 0.1) is 22.4 Å². The molecule has 15 heteroatoms. The van der Waals surface area contributed by atoms with Crippen molar-refractivity contribution in [2.45, 2.75) is 38.1 Å². The van der Waals surface area contributed by atoms with Crippen LogP contribution in [0.15, 0.2) is 36.4 Å². The van der Waals surface area contributed by atoms with Crippen LogP contribution in [0.25, 0.3) is 11.1 Å². The number of piperidine rings is 1. The minimum absolute atomic E-state index is 0.0696. The predicted octanol–water partition coefficient (Wildman–Crippen LogP) is 1.70. The molecule has 256 valence electrons. The maximum atomic E-state index is 14.0. The van der Waals surface area contributed by atoms with E-state index in [4.69, 9.17) is 0 Å². The normalized spacial score (nSPS) is 21.7. The van der Waals surface area contributed by atoms with Gasteiger partial charge in [0.1, 0.15) is 11.9 Å². The number of amides is 6. The van der Waals surface area contributed by atoms with Gasteiger partial charge in [0, 0.05) is 61.6 Å². The number of allylic oxidation sites excluding steroid dienone is 1. The highest BCUT2D eigenvalue weighted by Crippen LogP contribution is 2.43. The Bertz CT molecular complexity index is 2050. The number of nitrogens with one attached hydrogen (secondary N) is 4. The van der Waals surface area contributed by atoms with E-state index in [2.05, 4.69) is 35.9 Å². The molecular weight excluding hydrogens is 647 g/mol. The third-order valence-corrected chi connectivity index (χ3v) is 10.1. The molecule has 14 nitrogen and oxygen atoms in total. The number of carbonyl (C=O) groups excluding carboxylic acids is 6. The Balaban J connectivity index is 0.831. The van der Waals surface area contributed by atoms with E-state index in [0.29, 0.717) is 60.7 Å². The molecule has 1 unspecified atom stereocenters. The van der Waals surface area contributed by atoms with Gasteiger partial charge in [0.2, 0.25) is 11.8 Å². The fraction of sp³-hybridized carbons (Fsp3) is 0.343. The van der Waals surface area contributed by atoms with Crippen molar-refractivity contribution in [1.29, 1.82) is 0 Å². The van der Waals surface area contributed by atoms with Gasteiger partial charge in [0.25, 0.3) is 23.6 Å². The van der Waals surface area contributed by atoms with Crippen molar-refractivity contribution in [3.63, 3.8) is 0 Å². The maximum absolute atomic E-state index is 14.0. The van der Waals surface area contributed by atoms with Crippen LogP contribution in [0, 0.1) is 5.82 Å². The Hall–Kier alpha value is -5.70. The van der Waals surface area contributed by atoms with Gasteiger partial charge in [-0.25, -0.2) is 4.39 Å². The number of rotatable bonds is 7. The van der Waals surface area contributed by atoms with Crippen LogP contribution in [0.3, 0.4) is 0 Å². The molecule has 2 aromatic carbocycles. The smallest absolute Gasteiger partial charge is 0.272 e. The Kier molecular flexibility index (Phi) is 7.78. The number of carbonyl (C=O) groups is 6. The lowest BCUT2D eigenvalue weighted by Gasteiger charge is -2.36. The fourth-order valence-corrected chi connectivity index (χ4v) is 7.58. The van der Waals surface area contributed by atoms with E-state index in [9.17, 15) is 33.2 Å². The topological polar surface area (TPSA) is 177 Å². The molecule has 1 atom stereocenters. The third-order valence-electron chi connectivity index (χ3n) is 10.1. The van der Waals surface area contributed by atoms with Crippen LogP contribution >= 0.6 is 0 Å². The zero-order valence-corrected chi connectivity index (χ0v) is 26.9. The van der Waals surface area contributed by atoms with Crippen molar-refractivity contribution in [3.8, 4) is 0 Å². The summed E-state index contributed by atoms with van der Waals surface area (Å²) < 4.78 is 14.0. The summed E-state index contributed by atoms with van der Waals surface area (Å²) in [5, 5.41) is 15.2. The van der Waals surface area contributed by atoms with E-state index in [1.54, 1.807) is 18.2 Å². The van der Waals surface area contributed by atoms with E-state index in [-0.39, 0.29) is 35.8 Å². The molecule has 3 aromatic rings. The number of fused-ring (bicyclic) bond motifs is 3. The minimum atomic E-state index is -0.999. The second-order valence-electron chi connectivity index (χ2n) is 13.0. The van der Waals surface area contributed by atoms with E-state index >= 15 is 0 Å². The minimum Gasteiger partial charge on any atom is -0.369 e. The highest BCUT2D eigenvalue weighted by atomic mass is 19.1. The second-order valence-corrected chi connectivity index (χ2v) is 13.0. The Morgan fingerprint density at radius 3 is 2.50 bits per heavy atom. The van der Waals surface area contributed by atoms with Crippen LogP contribution in [-0.2, 0) is 20.8 Å². The number of piperazine rings is 1. The van der Waals surface area contributed by atoms with Gasteiger partial charge in [-0.3, -0.25) is 49.0 Å². The first-order chi connectivity index (χ1) is 24.2. The molecule has 50 heavy (non-hydrogen) atoms. The Morgan fingerprint density at radius 2 is 1.70 bits per heavy atom. The van der Waals surface area contributed by atoms with Gasteiger partial charge in [-0.15, -0.1) is 0 Å². The zero-order chi connectivity index (χ0) is 34.7. The fourth-order valence-electron chi connectivity index (χ4n) is 7.58. The van der Waals surface area contributed by atoms with E-state index in [1.807, 2.05) is 6.07 Å². The molecule has 5 aliphatic rings. The van der Waals surface area contributed by atoms with Crippen LogP contribution in [0.2, 0.25) is 0 Å². The number of hydrogen-bond donors (Lipinski definition) is 4. The summed E-state index contributed by atoms with van der Waals surface area (Å²) in [5.41, 5.74) is 5.23. The summed E-state index contributed by atoms with van der Waals surface area (Å²) >= 11 is 0. The number of aromatic nitrogens is 2. The van der Waals surface area contributed by atoms with Gasteiger partial charge < -0.3 is 15.5 Å². The average molecular weight is 681 g/mol. The second kappa shape index (κ2) is 12.3. The maximum Gasteiger partial charge on any atom is 0.272 e. The van der Waals surface area contributed by atoms with Gasteiger partial charge in [0.15, 0.2) is 5.69 Å². The number of H-pyrrole nitrogens is 1. The lowest BCUT2D eigenvalue weighted by Crippen LogP contribution is -2.54. The molecule has 2 fully saturated rings. The van der Waals surface area contributed by atoms with Crippen molar-refractivity contribution in [2.75, 3.05) is 49.5 Å². The first-order valence-corrected chi connectivity index (χ1v) is 16.7. The van der Waals surface area contributed by atoms with Crippen molar-refractivity contribution in [1.82, 2.24) is 30.6 Å². The SMILES string of the molecule is O=C1CCC(N2C(=O)c3ccc(N4CCN(CCCNC(=O)c5n[nH]c6c5CC/C6=C5/C(=O)Nc6ccc(F)cc65)CC4)cc3C2=O)C(=O)N1. The quantitative estimate of drug-likeness (QED) is 0.164. The molecule has 0 saturated carbocycles. The molecule has 5 heterocycles. The lowest BCUT2D eigenvalue weighted by atomic mass is 9.99. The summed E-state index contributed by atoms with van der Waals surface area (Å²) in [4.78, 5) is 81.4. The first kappa shape index (κ1) is 31.6. The predicted molar refractivity (Wildman–Crippen MR) is 177 cm³/mol. The van der Waals surface area contributed by atoms with Crippen LogP contribution in [-0.4, -0.2) is 101 Å². The number of imide groups is 2. The van der Waals surface area contributed by atoms with Gasteiger partial charge in [-0.2, -0.15) is 5.10 Å². The number of halogens is 1. The molecule has 0 bridgehead atoms. The molecular formula is C35H33FN8O6. The van der Waals surface area contributed by atoms with Crippen LogP contribution in [0.5, 0.6) is 0 Å². The van der Waals surface area contributed by atoms with E-state index in [0.717, 1.165) is 47.8 Å². The highest BCUT2D eigenvalue weighted by Gasteiger charge is 2.45.